The molecule has 0 aliphatic carbocycles. The maximum absolute atomic E-state index is 5.01. The highest BCUT2D eigenvalue weighted by Gasteiger charge is 2.03. The Balaban J connectivity index is 2.86. The van der Waals surface area contributed by atoms with E-state index in [1.54, 1.807) is 13.2 Å². The van der Waals surface area contributed by atoms with Gasteiger partial charge in [-0.3, -0.25) is 0 Å². The van der Waals surface area contributed by atoms with Gasteiger partial charge in [0, 0.05) is 11.8 Å². The van der Waals surface area contributed by atoms with Crippen molar-refractivity contribution in [3.05, 3.63) is 11.8 Å². The molecule has 0 radical (unpaired) electrons. The fourth-order valence-electron chi connectivity index (χ4n) is 0.842. The third-order valence-corrected chi connectivity index (χ3v) is 2.51. The molecule has 1 aromatic rings. The Morgan fingerprint density at radius 2 is 2.29 bits per heavy atom. The maximum Gasteiger partial charge on any atom is 0.231 e. The van der Waals surface area contributed by atoms with Gasteiger partial charge < -0.3 is 10.1 Å². The molecule has 76 valence electrons. The summed E-state index contributed by atoms with van der Waals surface area (Å²) in [7, 11) is 1.57. The molecule has 0 saturated heterocycles. The molecular weight excluding hydrogens is 218 g/mol. The predicted molar refractivity (Wildman–Crippen MR) is 63.1 cm³/mol. The van der Waals surface area contributed by atoms with Crippen LogP contribution in [-0.4, -0.2) is 27.7 Å². The minimum atomic E-state index is 0.473. The molecule has 1 heterocycles. The first-order valence-corrected chi connectivity index (χ1v) is 5.53. The zero-order valence-electron chi connectivity index (χ0n) is 8.20. The number of aryl methyl sites for hydroxylation is 1. The van der Waals surface area contributed by atoms with Crippen LogP contribution in [0.5, 0.6) is 5.88 Å². The number of thioether (sulfide) groups is 1. The van der Waals surface area contributed by atoms with Gasteiger partial charge in [0.1, 0.15) is 4.32 Å². The minimum Gasteiger partial charge on any atom is -0.481 e. The summed E-state index contributed by atoms with van der Waals surface area (Å²) in [6.07, 6.45) is 1.89. The number of anilines is 1. The van der Waals surface area contributed by atoms with E-state index < -0.39 is 0 Å². The number of hydrogen-bond acceptors (Lipinski definition) is 5. The Bertz CT molecular complexity index is 343. The van der Waals surface area contributed by atoms with E-state index in [2.05, 4.69) is 15.3 Å². The van der Waals surface area contributed by atoms with E-state index in [0.29, 0.717) is 16.1 Å². The second-order valence-electron chi connectivity index (χ2n) is 2.49. The van der Waals surface area contributed by atoms with Crippen LogP contribution in [-0.2, 0) is 0 Å². The van der Waals surface area contributed by atoms with Crippen LogP contribution in [0.25, 0.3) is 0 Å². The Morgan fingerprint density at radius 1 is 1.57 bits per heavy atom. The molecule has 0 fully saturated rings. The Labute approximate surface area is 92.5 Å². The number of nitrogens with zero attached hydrogens (tertiary/aromatic N) is 2. The topological polar surface area (TPSA) is 47.0 Å². The molecule has 0 bridgehead atoms. The highest BCUT2D eigenvalue weighted by molar-refractivity contribution is 8.22. The van der Waals surface area contributed by atoms with Crippen molar-refractivity contribution in [1.82, 2.24) is 9.97 Å². The monoisotopic (exact) mass is 229 g/mol. The second-order valence-corrected chi connectivity index (χ2v) is 3.98. The molecule has 0 spiro atoms. The molecule has 0 amide bonds. The molecular formula is C8H11N3OS2. The number of ether oxygens (including phenoxy) is 1. The van der Waals surface area contributed by atoms with Crippen molar-refractivity contribution >= 4 is 34.2 Å². The molecule has 0 unspecified atom stereocenters. The number of methoxy groups -OCH3 is 1. The molecule has 0 atom stereocenters. The van der Waals surface area contributed by atoms with Crippen molar-refractivity contribution in [2.45, 2.75) is 6.92 Å². The summed E-state index contributed by atoms with van der Waals surface area (Å²) in [4.78, 5) is 8.26. The van der Waals surface area contributed by atoms with Crippen molar-refractivity contribution in [2.24, 2.45) is 0 Å². The van der Waals surface area contributed by atoms with E-state index in [-0.39, 0.29) is 0 Å². The highest BCUT2D eigenvalue weighted by Crippen LogP contribution is 2.12. The first kappa shape index (κ1) is 11.2. The molecule has 0 aromatic carbocycles. The van der Waals surface area contributed by atoms with Crippen LogP contribution in [0.4, 0.5) is 5.95 Å². The molecule has 0 aliphatic heterocycles. The number of hydrogen-bond donors (Lipinski definition) is 1. The molecule has 14 heavy (non-hydrogen) atoms. The molecule has 0 aliphatic rings. The van der Waals surface area contributed by atoms with Crippen LogP contribution in [0, 0.1) is 6.92 Å². The SMILES string of the molecule is COc1cc(C)nc(NC(=S)SC)n1. The van der Waals surface area contributed by atoms with E-state index in [1.165, 1.54) is 11.8 Å². The lowest BCUT2D eigenvalue weighted by Crippen LogP contribution is -2.08. The lowest BCUT2D eigenvalue weighted by Gasteiger charge is -2.06. The van der Waals surface area contributed by atoms with Crippen LogP contribution in [0.2, 0.25) is 0 Å². The van der Waals surface area contributed by atoms with Crippen molar-refractivity contribution in [1.29, 1.82) is 0 Å². The number of thiocarbonyl (C=S) groups is 1. The van der Waals surface area contributed by atoms with Gasteiger partial charge in [-0.25, -0.2) is 4.98 Å². The Morgan fingerprint density at radius 3 is 2.86 bits per heavy atom. The molecule has 6 heteroatoms. The molecule has 0 saturated carbocycles. The van der Waals surface area contributed by atoms with Crippen LogP contribution in [0.3, 0.4) is 0 Å². The van der Waals surface area contributed by atoms with Crippen molar-refractivity contribution in [2.75, 3.05) is 18.7 Å². The van der Waals surface area contributed by atoms with Gasteiger partial charge in [0.2, 0.25) is 11.8 Å². The van der Waals surface area contributed by atoms with E-state index in [9.17, 15) is 0 Å². The van der Waals surface area contributed by atoms with E-state index in [0.717, 1.165) is 5.69 Å². The second kappa shape index (κ2) is 5.11. The van der Waals surface area contributed by atoms with Gasteiger partial charge in [-0.1, -0.05) is 12.2 Å². The van der Waals surface area contributed by atoms with Gasteiger partial charge in [-0.05, 0) is 13.2 Å². The van der Waals surface area contributed by atoms with Crippen LogP contribution >= 0.6 is 24.0 Å². The average molecular weight is 229 g/mol. The lowest BCUT2D eigenvalue weighted by molar-refractivity contribution is 0.397. The van der Waals surface area contributed by atoms with E-state index in [1.807, 2.05) is 13.2 Å². The third kappa shape index (κ3) is 3.12. The zero-order chi connectivity index (χ0) is 10.6. The van der Waals surface area contributed by atoms with Crippen molar-refractivity contribution < 1.29 is 4.74 Å². The van der Waals surface area contributed by atoms with Gasteiger partial charge in [-0.15, -0.1) is 11.8 Å². The Hall–Kier alpha value is -0.880. The first-order valence-electron chi connectivity index (χ1n) is 3.90. The zero-order valence-corrected chi connectivity index (χ0v) is 9.83. The normalized spacial score (nSPS) is 9.64. The predicted octanol–water partition coefficient (Wildman–Crippen LogP) is 1.85. The fraction of sp³-hybridized carbons (Fsp3) is 0.375. The van der Waals surface area contributed by atoms with Gasteiger partial charge in [0.05, 0.1) is 7.11 Å². The number of aromatic nitrogens is 2. The number of nitrogens with one attached hydrogen (secondary N) is 1. The standard InChI is InChI=1S/C8H11N3OS2/c1-5-4-6(12-2)10-7(9-5)11-8(13)14-3/h4H,1-3H3,(H,9,10,11,13). The molecule has 1 N–H and O–H groups in total. The average Bonchev–Trinajstić information content (AvgIpc) is 2.16. The summed E-state index contributed by atoms with van der Waals surface area (Å²) in [5.74, 6) is 1.00. The van der Waals surface area contributed by atoms with Crippen LogP contribution in [0.15, 0.2) is 6.07 Å². The smallest absolute Gasteiger partial charge is 0.231 e. The summed E-state index contributed by atoms with van der Waals surface area (Å²) >= 11 is 6.43. The molecule has 4 nitrogen and oxygen atoms in total. The highest BCUT2D eigenvalue weighted by atomic mass is 32.2. The Kier molecular flexibility index (Phi) is 4.09. The third-order valence-electron chi connectivity index (χ3n) is 1.44. The summed E-state index contributed by atoms with van der Waals surface area (Å²) in [5, 5.41) is 2.90. The summed E-state index contributed by atoms with van der Waals surface area (Å²) in [6.45, 7) is 1.87. The van der Waals surface area contributed by atoms with Crippen molar-refractivity contribution in [3.8, 4) is 5.88 Å². The van der Waals surface area contributed by atoms with Crippen LogP contribution in [0.1, 0.15) is 5.69 Å². The summed E-state index contributed by atoms with van der Waals surface area (Å²) in [5.41, 5.74) is 0.836. The molecule has 1 rings (SSSR count). The molecule has 1 aromatic heterocycles. The summed E-state index contributed by atoms with van der Waals surface area (Å²) < 4.78 is 5.65. The first-order chi connectivity index (χ1) is 6.65. The quantitative estimate of drug-likeness (QED) is 0.781. The van der Waals surface area contributed by atoms with E-state index >= 15 is 0 Å². The van der Waals surface area contributed by atoms with E-state index in [4.69, 9.17) is 17.0 Å². The largest absolute Gasteiger partial charge is 0.481 e. The maximum atomic E-state index is 5.01. The van der Waals surface area contributed by atoms with Gasteiger partial charge >= 0.3 is 0 Å². The summed E-state index contributed by atoms with van der Waals surface area (Å²) in [6, 6.07) is 1.76. The van der Waals surface area contributed by atoms with Gasteiger partial charge in [-0.2, -0.15) is 4.98 Å². The van der Waals surface area contributed by atoms with Crippen molar-refractivity contribution in [3.63, 3.8) is 0 Å². The minimum absolute atomic E-state index is 0.473. The van der Waals surface area contributed by atoms with Gasteiger partial charge in [0.15, 0.2) is 0 Å². The fourth-order valence-corrected chi connectivity index (χ4v) is 1.13. The lowest BCUT2D eigenvalue weighted by atomic mass is 10.4. The number of rotatable bonds is 2. The van der Waals surface area contributed by atoms with Crippen LogP contribution < -0.4 is 10.1 Å². The van der Waals surface area contributed by atoms with Gasteiger partial charge in [0.25, 0.3) is 0 Å².